The van der Waals surface area contributed by atoms with Gasteiger partial charge in [0, 0.05) is 31.8 Å². The highest BCUT2D eigenvalue weighted by Crippen LogP contribution is 2.61. The standard InChI is InChI=1S/C15H20N2O3/c1-15(2)12-7-16(8-13(12)15)9-14(18)10-4-3-5-11(6-10)17(19)20/h3-6,12-14,18H,7-9H2,1-2H3. The van der Waals surface area contributed by atoms with Gasteiger partial charge in [-0.2, -0.15) is 0 Å². The summed E-state index contributed by atoms with van der Waals surface area (Å²) in [6, 6.07) is 6.29. The Labute approximate surface area is 118 Å². The van der Waals surface area contributed by atoms with E-state index in [0.29, 0.717) is 17.5 Å². The summed E-state index contributed by atoms with van der Waals surface area (Å²) in [5, 5.41) is 21.0. The van der Waals surface area contributed by atoms with E-state index >= 15 is 0 Å². The zero-order chi connectivity index (χ0) is 14.5. The van der Waals surface area contributed by atoms with Gasteiger partial charge in [0.2, 0.25) is 0 Å². The van der Waals surface area contributed by atoms with Gasteiger partial charge in [-0.15, -0.1) is 0 Å². The molecule has 5 heteroatoms. The highest BCUT2D eigenvalue weighted by atomic mass is 16.6. The third-order valence-corrected chi connectivity index (χ3v) is 5.09. The average Bonchev–Trinajstić information content (AvgIpc) is 2.79. The molecule has 1 aliphatic heterocycles. The van der Waals surface area contributed by atoms with Gasteiger partial charge in [-0.25, -0.2) is 0 Å². The minimum atomic E-state index is -0.657. The monoisotopic (exact) mass is 276 g/mol. The van der Waals surface area contributed by atoms with Crippen molar-refractivity contribution >= 4 is 5.69 Å². The number of nitro benzene ring substituents is 1. The lowest BCUT2D eigenvalue weighted by Gasteiger charge is -2.24. The van der Waals surface area contributed by atoms with Crippen LogP contribution < -0.4 is 0 Å². The molecule has 1 N–H and O–H groups in total. The van der Waals surface area contributed by atoms with Crippen LogP contribution in [0.3, 0.4) is 0 Å². The van der Waals surface area contributed by atoms with Gasteiger partial charge in [0.25, 0.3) is 5.69 Å². The highest BCUT2D eigenvalue weighted by Gasteiger charge is 2.61. The zero-order valence-electron chi connectivity index (χ0n) is 11.8. The average molecular weight is 276 g/mol. The third-order valence-electron chi connectivity index (χ3n) is 5.09. The molecule has 2 fully saturated rings. The summed E-state index contributed by atoms with van der Waals surface area (Å²) in [7, 11) is 0. The zero-order valence-corrected chi connectivity index (χ0v) is 11.8. The number of hydrogen-bond donors (Lipinski definition) is 1. The molecule has 0 amide bonds. The fourth-order valence-electron chi connectivity index (χ4n) is 3.56. The van der Waals surface area contributed by atoms with E-state index in [2.05, 4.69) is 18.7 Å². The number of hydrogen-bond acceptors (Lipinski definition) is 4. The maximum atomic E-state index is 10.8. The number of benzene rings is 1. The molecular weight excluding hydrogens is 256 g/mol. The van der Waals surface area contributed by atoms with Gasteiger partial charge in [0.15, 0.2) is 0 Å². The summed E-state index contributed by atoms with van der Waals surface area (Å²) in [5.41, 5.74) is 1.12. The molecule has 3 atom stereocenters. The lowest BCUT2D eigenvalue weighted by atomic mass is 10.0. The van der Waals surface area contributed by atoms with Crippen LogP contribution in [0.2, 0.25) is 0 Å². The fourth-order valence-corrected chi connectivity index (χ4v) is 3.56. The normalized spacial score (nSPS) is 28.9. The minimum Gasteiger partial charge on any atom is -0.387 e. The topological polar surface area (TPSA) is 66.6 Å². The second-order valence-corrected chi connectivity index (χ2v) is 6.62. The highest BCUT2D eigenvalue weighted by molar-refractivity contribution is 5.35. The van der Waals surface area contributed by atoms with Crippen LogP contribution >= 0.6 is 0 Å². The van der Waals surface area contributed by atoms with Crippen molar-refractivity contribution in [3.05, 3.63) is 39.9 Å². The van der Waals surface area contributed by atoms with Gasteiger partial charge in [-0.1, -0.05) is 26.0 Å². The number of aliphatic hydroxyl groups is 1. The molecule has 0 radical (unpaired) electrons. The van der Waals surface area contributed by atoms with E-state index in [4.69, 9.17) is 0 Å². The van der Waals surface area contributed by atoms with E-state index in [-0.39, 0.29) is 5.69 Å². The van der Waals surface area contributed by atoms with E-state index in [9.17, 15) is 15.2 Å². The number of rotatable bonds is 4. The van der Waals surface area contributed by atoms with E-state index in [1.807, 2.05) is 0 Å². The van der Waals surface area contributed by atoms with Gasteiger partial charge in [-0.3, -0.25) is 15.0 Å². The first kappa shape index (κ1) is 13.5. The Kier molecular flexibility index (Phi) is 3.06. The molecule has 0 bridgehead atoms. The van der Waals surface area contributed by atoms with Crippen molar-refractivity contribution in [3.63, 3.8) is 0 Å². The molecule has 20 heavy (non-hydrogen) atoms. The van der Waals surface area contributed by atoms with Crippen molar-refractivity contribution in [2.75, 3.05) is 19.6 Å². The summed E-state index contributed by atoms with van der Waals surface area (Å²) in [6.07, 6.45) is -0.657. The number of nitrogens with zero attached hydrogens (tertiary/aromatic N) is 2. The molecule has 3 unspecified atom stereocenters. The smallest absolute Gasteiger partial charge is 0.269 e. The number of β-amino-alcohol motifs (C(OH)–C–C–N with tert-alkyl or cyclic N) is 1. The molecule has 3 rings (SSSR count). The first-order valence-corrected chi connectivity index (χ1v) is 7.04. The second-order valence-electron chi connectivity index (χ2n) is 6.62. The third kappa shape index (κ3) is 2.21. The molecule has 0 aromatic heterocycles. The van der Waals surface area contributed by atoms with Gasteiger partial charge in [0.1, 0.15) is 0 Å². The number of fused-ring (bicyclic) bond motifs is 1. The lowest BCUT2D eigenvalue weighted by molar-refractivity contribution is -0.385. The Morgan fingerprint density at radius 2 is 2.10 bits per heavy atom. The van der Waals surface area contributed by atoms with Crippen molar-refractivity contribution in [2.24, 2.45) is 17.3 Å². The molecule has 108 valence electrons. The van der Waals surface area contributed by atoms with Gasteiger partial charge in [-0.05, 0) is 22.8 Å². The molecule has 2 aliphatic rings. The second kappa shape index (κ2) is 4.53. The first-order valence-electron chi connectivity index (χ1n) is 7.04. The SMILES string of the molecule is CC1(C)C2CN(CC(O)c3cccc([N+](=O)[O-])c3)CC21. The van der Waals surface area contributed by atoms with Crippen LogP contribution in [0.4, 0.5) is 5.69 Å². The molecule has 1 heterocycles. The van der Waals surface area contributed by atoms with Crippen LogP contribution in [0.5, 0.6) is 0 Å². The number of piperidine rings is 1. The molecular formula is C15H20N2O3. The fraction of sp³-hybridized carbons (Fsp3) is 0.600. The summed E-state index contributed by atoms with van der Waals surface area (Å²) >= 11 is 0. The van der Waals surface area contributed by atoms with E-state index in [1.54, 1.807) is 12.1 Å². The van der Waals surface area contributed by atoms with E-state index in [0.717, 1.165) is 24.9 Å². The number of non-ortho nitro benzene ring substituents is 1. The largest absolute Gasteiger partial charge is 0.387 e. The number of nitro groups is 1. The summed E-state index contributed by atoms with van der Waals surface area (Å²) in [4.78, 5) is 12.6. The summed E-state index contributed by atoms with van der Waals surface area (Å²) in [5.74, 6) is 1.50. The quantitative estimate of drug-likeness (QED) is 0.676. The van der Waals surface area contributed by atoms with Gasteiger partial charge < -0.3 is 5.11 Å². The van der Waals surface area contributed by atoms with Crippen LogP contribution in [-0.2, 0) is 0 Å². The van der Waals surface area contributed by atoms with Crippen molar-refractivity contribution < 1.29 is 10.0 Å². The minimum absolute atomic E-state index is 0.0342. The van der Waals surface area contributed by atoms with Crippen LogP contribution in [0.25, 0.3) is 0 Å². The predicted octanol–water partition coefficient (Wildman–Crippen LogP) is 2.22. The molecule has 0 spiro atoms. The van der Waals surface area contributed by atoms with Crippen molar-refractivity contribution in [2.45, 2.75) is 20.0 Å². The van der Waals surface area contributed by atoms with Gasteiger partial charge >= 0.3 is 0 Å². The first-order chi connectivity index (χ1) is 9.39. The van der Waals surface area contributed by atoms with E-state index < -0.39 is 11.0 Å². The van der Waals surface area contributed by atoms with Crippen molar-refractivity contribution in [1.82, 2.24) is 4.90 Å². The predicted molar refractivity (Wildman–Crippen MR) is 75.3 cm³/mol. The Bertz CT molecular complexity index is 530. The molecule has 1 aromatic carbocycles. The van der Waals surface area contributed by atoms with Crippen molar-refractivity contribution in [3.8, 4) is 0 Å². The summed E-state index contributed by atoms with van der Waals surface area (Å²) in [6.45, 7) is 7.23. The van der Waals surface area contributed by atoms with Crippen molar-refractivity contribution in [1.29, 1.82) is 0 Å². The Morgan fingerprint density at radius 1 is 1.45 bits per heavy atom. The number of likely N-dealkylation sites (tertiary alicyclic amines) is 1. The van der Waals surface area contributed by atoms with Crippen LogP contribution in [0.1, 0.15) is 25.5 Å². The molecule has 1 aromatic rings. The molecule has 1 aliphatic carbocycles. The lowest BCUT2D eigenvalue weighted by Crippen LogP contribution is -2.30. The van der Waals surface area contributed by atoms with Crippen LogP contribution in [0, 0.1) is 27.4 Å². The maximum Gasteiger partial charge on any atom is 0.269 e. The summed E-state index contributed by atoms with van der Waals surface area (Å²) < 4.78 is 0. The Balaban J connectivity index is 1.62. The maximum absolute atomic E-state index is 10.8. The Morgan fingerprint density at radius 3 is 2.70 bits per heavy atom. The molecule has 1 saturated carbocycles. The molecule has 1 saturated heterocycles. The van der Waals surface area contributed by atoms with Crippen LogP contribution in [-0.4, -0.2) is 34.6 Å². The van der Waals surface area contributed by atoms with Gasteiger partial charge in [0.05, 0.1) is 11.0 Å². The Hall–Kier alpha value is -1.46. The van der Waals surface area contributed by atoms with E-state index in [1.165, 1.54) is 12.1 Å². The molecule has 5 nitrogen and oxygen atoms in total. The van der Waals surface area contributed by atoms with Crippen LogP contribution in [0.15, 0.2) is 24.3 Å². The number of aliphatic hydroxyl groups excluding tert-OH is 1.